The topological polar surface area (TPSA) is 32.9 Å². The van der Waals surface area contributed by atoms with Crippen LogP contribution in [0.3, 0.4) is 0 Å². The Kier molecular flexibility index (Phi) is 3.60. The van der Waals surface area contributed by atoms with Crippen LogP contribution in [0.4, 0.5) is 0 Å². The van der Waals surface area contributed by atoms with Crippen LogP contribution in [0.5, 0.6) is 0 Å². The molecular formula is C27H21NO. The SMILES string of the molecule is O=c1cc(C2CCCc3ccc4c(ccc5ccccc54)c32)[nH]c2ccccc12. The maximum absolute atomic E-state index is 12.8. The lowest BCUT2D eigenvalue weighted by atomic mass is 9.77. The fraction of sp³-hybridized carbons (Fsp3) is 0.148. The van der Waals surface area contributed by atoms with Crippen molar-refractivity contribution >= 4 is 32.4 Å². The first kappa shape index (κ1) is 16.6. The summed E-state index contributed by atoms with van der Waals surface area (Å²) in [7, 11) is 0. The molecule has 5 aromatic rings. The van der Waals surface area contributed by atoms with Gasteiger partial charge in [-0.2, -0.15) is 0 Å². The molecule has 0 amide bonds. The molecular weight excluding hydrogens is 354 g/mol. The third-order valence-electron chi connectivity index (χ3n) is 6.48. The highest BCUT2D eigenvalue weighted by atomic mass is 16.1. The van der Waals surface area contributed by atoms with E-state index in [9.17, 15) is 4.79 Å². The minimum atomic E-state index is 0.104. The van der Waals surface area contributed by atoms with Gasteiger partial charge < -0.3 is 4.98 Å². The van der Waals surface area contributed by atoms with E-state index in [0.717, 1.165) is 35.9 Å². The fourth-order valence-corrected chi connectivity index (χ4v) is 5.14. The predicted octanol–water partition coefficient (Wildman–Crippen LogP) is 6.30. The highest BCUT2D eigenvalue weighted by Crippen LogP contribution is 2.41. The van der Waals surface area contributed by atoms with Gasteiger partial charge in [0.15, 0.2) is 5.43 Å². The lowest BCUT2D eigenvalue weighted by molar-refractivity contribution is 0.610. The molecule has 2 heteroatoms. The van der Waals surface area contributed by atoms with E-state index in [4.69, 9.17) is 0 Å². The van der Waals surface area contributed by atoms with Gasteiger partial charge in [-0.25, -0.2) is 0 Å². The molecule has 0 bridgehead atoms. The molecule has 1 N–H and O–H groups in total. The maximum Gasteiger partial charge on any atom is 0.189 e. The summed E-state index contributed by atoms with van der Waals surface area (Å²) >= 11 is 0. The van der Waals surface area contributed by atoms with Crippen molar-refractivity contribution in [1.82, 2.24) is 4.98 Å². The van der Waals surface area contributed by atoms with Crippen LogP contribution >= 0.6 is 0 Å². The van der Waals surface area contributed by atoms with Crippen LogP contribution in [0.25, 0.3) is 32.4 Å². The van der Waals surface area contributed by atoms with Crippen LogP contribution in [-0.4, -0.2) is 4.98 Å². The molecule has 0 aliphatic heterocycles. The molecule has 0 saturated carbocycles. The molecule has 0 fully saturated rings. The van der Waals surface area contributed by atoms with Gasteiger partial charge in [0.25, 0.3) is 0 Å². The molecule has 0 saturated heterocycles. The molecule has 1 heterocycles. The number of rotatable bonds is 1. The van der Waals surface area contributed by atoms with Gasteiger partial charge in [0, 0.05) is 28.6 Å². The summed E-state index contributed by atoms with van der Waals surface area (Å²) < 4.78 is 0. The van der Waals surface area contributed by atoms with Crippen molar-refractivity contribution in [3.63, 3.8) is 0 Å². The molecule has 4 aromatic carbocycles. The van der Waals surface area contributed by atoms with E-state index in [1.807, 2.05) is 30.3 Å². The minimum Gasteiger partial charge on any atom is -0.358 e. The zero-order chi connectivity index (χ0) is 19.4. The summed E-state index contributed by atoms with van der Waals surface area (Å²) in [5, 5.41) is 5.95. The molecule has 6 rings (SSSR count). The second-order valence-electron chi connectivity index (χ2n) is 8.10. The first-order chi connectivity index (χ1) is 14.3. The molecule has 0 radical (unpaired) electrons. The number of aryl methyl sites for hydroxylation is 1. The minimum absolute atomic E-state index is 0.104. The van der Waals surface area contributed by atoms with Gasteiger partial charge in [-0.1, -0.05) is 60.7 Å². The number of pyridine rings is 1. The molecule has 29 heavy (non-hydrogen) atoms. The van der Waals surface area contributed by atoms with Gasteiger partial charge in [0.2, 0.25) is 0 Å². The first-order valence-electron chi connectivity index (χ1n) is 10.3. The van der Waals surface area contributed by atoms with E-state index in [1.165, 1.54) is 32.7 Å². The third-order valence-corrected chi connectivity index (χ3v) is 6.48. The van der Waals surface area contributed by atoms with Crippen molar-refractivity contribution in [2.24, 2.45) is 0 Å². The third kappa shape index (κ3) is 2.52. The van der Waals surface area contributed by atoms with Crippen LogP contribution in [0.1, 0.15) is 35.6 Å². The zero-order valence-electron chi connectivity index (χ0n) is 16.1. The molecule has 1 aliphatic rings. The fourth-order valence-electron chi connectivity index (χ4n) is 5.14. The highest BCUT2D eigenvalue weighted by Gasteiger charge is 2.25. The number of fused-ring (bicyclic) bond motifs is 6. The van der Waals surface area contributed by atoms with Crippen molar-refractivity contribution in [3.05, 3.63) is 106 Å². The zero-order valence-corrected chi connectivity index (χ0v) is 16.1. The number of hydrogen-bond acceptors (Lipinski definition) is 1. The van der Waals surface area contributed by atoms with E-state index in [2.05, 4.69) is 53.5 Å². The van der Waals surface area contributed by atoms with Gasteiger partial charge in [-0.05, 0) is 64.1 Å². The van der Waals surface area contributed by atoms with Crippen molar-refractivity contribution in [2.75, 3.05) is 0 Å². The number of H-pyrrole nitrogens is 1. The first-order valence-corrected chi connectivity index (χ1v) is 10.3. The Morgan fingerprint density at radius 2 is 1.55 bits per heavy atom. The monoisotopic (exact) mass is 375 g/mol. The average Bonchev–Trinajstić information content (AvgIpc) is 2.78. The normalized spacial score (nSPS) is 16.3. The Hall–Kier alpha value is -3.39. The van der Waals surface area contributed by atoms with Crippen LogP contribution in [0, 0.1) is 0 Å². The van der Waals surface area contributed by atoms with Crippen molar-refractivity contribution < 1.29 is 0 Å². The van der Waals surface area contributed by atoms with E-state index in [-0.39, 0.29) is 11.3 Å². The number of nitrogens with one attached hydrogen (secondary N) is 1. The Labute approximate surface area is 168 Å². The molecule has 1 aromatic heterocycles. The van der Waals surface area contributed by atoms with Crippen LogP contribution in [-0.2, 0) is 6.42 Å². The van der Waals surface area contributed by atoms with Gasteiger partial charge in [0.1, 0.15) is 0 Å². The lowest BCUT2D eigenvalue weighted by Crippen LogP contribution is -2.15. The Bertz CT molecular complexity index is 1460. The van der Waals surface area contributed by atoms with Crippen LogP contribution in [0.15, 0.2) is 83.7 Å². The highest BCUT2D eigenvalue weighted by molar-refractivity contribution is 6.09. The number of aromatic nitrogens is 1. The molecule has 1 unspecified atom stereocenters. The number of aromatic amines is 1. The summed E-state index contributed by atoms with van der Waals surface area (Å²) in [4.78, 5) is 16.4. The largest absolute Gasteiger partial charge is 0.358 e. The summed E-state index contributed by atoms with van der Waals surface area (Å²) in [5.74, 6) is 0.223. The summed E-state index contributed by atoms with van der Waals surface area (Å²) in [6, 6.07) is 27.3. The molecule has 1 aliphatic carbocycles. The summed E-state index contributed by atoms with van der Waals surface area (Å²) in [5.41, 5.74) is 4.87. The quantitative estimate of drug-likeness (QED) is 0.343. The van der Waals surface area contributed by atoms with Crippen molar-refractivity contribution in [3.8, 4) is 0 Å². The van der Waals surface area contributed by atoms with Gasteiger partial charge in [-0.15, -0.1) is 0 Å². The van der Waals surface area contributed by atoms with E-state index in [0.29, 0.717) is 0 Å². The van der Waals surface area contributed by atoms with Gasteiger partial charge in [-0.3, -0.25) is 4.79 Å². The Morgan fingerprint density at radius 3 is 2.48 bits per heavy atom. The lowest BCUT2D eigenvalue weighted by Gasteiger charge is -2.28. The molecule has 140 valence electrons. The van der Waals surface area contributed by atoms with E-state index < -0.39 is 0 Å². The maximum atomic E-state index is 12.8. The Balaban J connectivity index is 1.64. The van der Waals surface area contributed by atoms with Gasteiger partial charge >= 0.3 is 0 Å². The second kappa shape index (κ2) is 6.31. The van der Waals surface area contributed by atoms with Crippen molar-refractivity contribution in [1.29, 1.82) is 0 Å². The molecule has 1 atom stereocenters. The molecule has 0 spiro atoms. The van der Waals surface area contributed by atoms with Gasteiger partial charge in [0.05, 0.1) is 0 Å². The summed E-state index contributed by atoms with van der Waals surface area (Å²) in [6.07, 6.45) is 3.31. The van der Waals surface area contributed by atoms with Crippen molar-refractivity contribution in [2.45, 2.75) is 25.2 Å². The standard InChI is InChI=1S/C27H21NO/c29-26-16-25(28-24-11-4-3-9-22(24)26)23-10-5-7-18-13-14-20-19-8-2-1-6-17(19)12-15-21(20)27(18)23/h1-4,6,8-9,11-16,23H,5,7,10H2,(H,28,29). The average molecular weight is 375 g/mol. The van der Waals surface area contributed by atoms with E-state index >= 15 is 0 Å². The number of hydrogen-bond donors (Lipinski definition) is 1. The van der Waals surface area contributed by atoms with Crippen LogP contribution < -0.4 is 5.43 Å². The smallest absolute Gasteiger partial charge is 0.189 e. The second-order valence-corrected chi connectivity index (χ2v) is 8.10. The molecule has 2 nitrogen and oxygen atoms in total. The van der Waals surface area contributed by atoms with Crippen LogP contribution in [0.2, 0.25) is 0 Å². The van der Waals surface area contributed by atoms with E-state index in [1.54, 1.807) is 0 Å². The number of para-hydroxylation sites is 1. The summed E-state index contributed by atoms with van der Waals surface area (Å²) in [6.45, 7) is 0. The Morgan fingerprint density at radius 1 is 0.759 bits per heavy atom. The number of benzene rings is 4. The predicted molar refractivity (Wildman–Crippen MR) is 121 cm³/mol.